The fourth-order valence-electron chi connectivity index (χ4n) is 1.38. The maximum absolute atomic E-state index is 5.92. The molecule has 0 aliphatic rings. The van der Waals surface area contributed by atoms with E-state index in [2.05, 4.69) is 50.0 Å². The zero-order valence-electron chi connectivity index (χ0n) is 8.70. The number of hydrogen-bond acceptors (Lipinski definition) is 1. The first-order chi connectivity index (χ1) is 6.56. The molecule has 0 bridgehead atoms. The summed E-state index contributed by atoms with van der Waals surface area (Å²) in [4.78, 5) is 2.24. The predicted molar refractivity (Wildman–Crippen MR) is 61.3 cm³/mol. The summed E-state index contributed by atoms with van der Waals surface area (Å²) in [5.41, 5.74) is -0.103. The molecule has 0 radical (unpaired) electrons. The molecule has 1 aromatic heterocycles. The molecule has 1 aromatic carbocycles. The standard InChI is InChI=1S/C12H14OSe/c1-12(2,3)13-10-6-4-5-9-7-8-14-11(9)10/h4-8H,1-3H3. The second-order valence-corrected chi connectivity index (χ2v) is 6.23. The van der Waals surface area contributed by atoms with Crippen molar-refractivity contribution in [1.29, 1.82) is 0 Å². The van der Waals surface area contributed by atoms with Gasteiger partial charge in [0.2, 0.25) is 0 Å². The van der Waals surface area contributed by atoms with Crippen LogP contribution >= 0.6 is 0 Å². The number of ether oxygens (including phenoxy) is 1. The summed E-state index contributed by atoms with van der Waals surface area (Å²) in [6, 6.07) is 8.46. The first-order valence-electron chi connectivity index (χ1n) is 4.71. The summed E-state index contributed by atoms with van der Waals surface area (Å²) in [7, 11) is 0. The normalized spacial score (nSPS) is 11.9. The van der Waals surface area contributed by atoms with E-state index in [1.807, 2.05) is 0 Å². The fourth-order valence-corrected chi connectivity index (χ4v) is 3.16. The van der Waals surface area contributed by atoms with Gasteiger partial charge in [-0.05, 0) is 0 Å². The third-order valence-corrected chi connectivity index (χ3v) is 3.84. The maximum atomic E-state index is 5.92. The van der Waals surface area contributed by atoms with Crippen LogP contribution < -0.4 is 4.74 Å². The summed E-state index contributed by atoms with van der Waals surface area (Å²) >= 11 is 0.456. The molecule has 0 spiro atoms. The number of hydrogen-bond donors (Lipinski definition) is 0. The van der Waals surface area contributed by atoms with Crippen molar-refractivity contribution in [3.63, 3.8) is 0 Å². The Morgan fingerprint density at radius 3 is 2.64 bits per heavy atom. The van der Waals surface area contributed by atoms with Gasteiger partial charge >= 0.3 is 90.2 Å². The van der Waals surface area contributed by atoms with Crippen molar-refractivity contribution in [2.24, 2.45) is 0 Å². The molecular weight excluding hydrogens is 239 g/mol. The van der Waals surface area contributed by atoms with Crippen LogP contribution in [0.5, 0.6) is 5.75 Å². The van der Waals surface area contributed by atoms with Gasteiger partial charge in [-0.1, -0.05) is 0 Å². The van der Waals surface area contributed by atoms with Crippen LogP contribution in [0.4, 0.5) is 0 Å². The molecule has 1 heterocycles. The van der Waals surface area contributed by atoms with Crippen molar-refractivity contribution in [2.75, 3.05) is 0 Å². The van der Waals surface area contributed by atoms with Crippen LogP contribution in [-0.2, 0) is 0 Å². The molecule has 0 unspecified atom stereocenters. The molecule has 0 aliphatic heterocycles. The molecule has 0 N–H and O–H groups in total. The first kappa shape index (κ1) is 9.82. The van der Waals surface area contributed by atoms with Gasteiger partial charge in [-0.3, -0.25) is 0 Å². The van der Waals surface area contributed by atoms with Gasteiger partial charge in [-0.25, -0.2) is 0 Å². The number of benzene rings is 1. The Balaban J connectivity index is 2.46. The van der Waals surface area contributed by atoms with Gasteiger partial charge in [0, 0.05) is 0 Å². The Labute approximate surface area is 90.4 Å². The molecule has 0 saturated heterocycles. The van der Waals surface area contributed by atoms with Gasteiger partial charge in [0.05, 0.1) is 0 Å². The Kier molecular flexibility index (Phi) is 2.42. The second kappa shape index (κ2) is 3.45. The third kappa shape index (κ3) is 2.02. The van der Waals surface area contributed by atoms with E-state index in [4.69, 9.17) is 4.74 Å². The molecule has 2 rings (SSSR count). The van der Waals surface area contributed by atoms with E-state index in [0.29, 0.717) is 14.5 Å². The van der Waals surface area contributed by atoms with Gasteiger partial charge in [-0.15, -0.1) is 0 Å². The van der Waals surface area contributed by atoms with Crippen LogP contribution in [0, 0.1) is 0 Å². The summed E-state index contributed by atoms with van der Waals surface area (Å²) in [5.74, 6) is 1.06. The SMILES string of the molecule is CC(C)(C)Oc1cccc2cc[se]c12. The van der Waals surface area contributed by atoms with E-state index in [1.165, 1.54) is 9.65 Å². The van der Waals surface area contributed by atoms with Crippen LogP contribution in [0.25, 0.3) is 9.65 Å². The first-order valence-corrected chi connectivity index (χ1v) is 6.56. The van der Waals surface area contributed by atoms with Crippen molar-refractivity contribution < 1.29 is 4.74 Å². The Bertz CT molecular complexity index is 437. The zero-order chi connectivity index (χ0) is 10.2. The van der Waals surface area contributed by atoms with Crippen LogP contribution in [0.3, 0.4) is 0 Å². The minimum atomic E-state index is -0.103. The van der Waals surface area contributed by atoms with Crippen LogP contribution in [0.1, 0.15) is 20.8 Å². The van der Waals surface area contributed by atoms with Crippen molar-refractivity contribution in [1.82, 2.24) is 0 Å². The molecule has 0 saturated carbocycles. The predicted octanol–water partition coefficient (Wildman–Crippen LogP) is 3.07. The average Bonchev–Trinajstić information content (AvgIpc) is 2.49. The summed E-state index contributed by atoms with van der Waals surface area (Å²) < 4.78 is 7.30. The van der Waals surface area contributed by atoms with E-state index in [0.717, 1.165) is 5.75 Å². The van der Waals surface area contributed by atoms with E-state index in [1.54, 1.807) is 0 Å². The molecule has 1 nitrogen and oxygen atoms in total. The quantitative estimate of drug-likeness (QED) is 0.710. The van der Waals surface area contributed by atoms with Crippen molar-refractivity contribution in [3.8, 4) is 5.75 Å². The fraction of sp³-hybridized carbons (Fsp3) is 0.333. The van der Waals surface area contributed by atoms with Crippen molar-refractivity contribution in [3.05, 3.63) is 29.2 Å². The van der Waals surface area contributed by atoms with Crippen LogP contribution in [0.2, 0.25) is 0 Å². The number of rotatable bonds is 1. The van der Waals surface area contributed by atoms with Gasteiger partial charge in [0.25, 0.3) is 0 Å². The van der Waals surface area contributed by atoms with Gasteiger partial charge < -0.3 is 0 Å². The molecule has 74 valence electrons. The van der Waals surface area contributed by atoms with Gasteiger partial charge in [0.15, 0.2) is 0 Å². The van der Waals surface area contributed by atoms with E-state index < -0.39 is 0 Å². The number of fused-ring (bicyclic) bond motifs is 1. The topological polar surface area (TPSA) is 9.23 Å². The van der Waals surface area contributed by atoms with Gasteiger partial charge in [0.1, 0.15) is 0 Å². The van der Waals surface area contributed by atoms with E-state index >= 15 is 0 Å². The van der Waals surface area contributed by atoms with E-state index in [-0.39, 0.29) is 5.60 Å². The average molecular weight is 253 g/mol. The van der Waals surface area contributed by atoms with Crippen LogP contribution in [-0.4, -0.2) is 20.1 Å². The summed E-state index contributed by atoms with van der Waals surface area (Å²) in [6.45, 7) is 6.26. The molecular formula is C12H14OSe. The molecule has 0 amide bonds. The van der Waals surface area contributed by atoms with Crippen LogP contribution in [0.15, 0.2) is 29.2 Å². The molecule has 14 heavy (non-hydrogen) atoms. The summed E-state index contributed by atoms with van der Waals surface area (Å²) in [6.07, 6.45) is 0. The molecule has 0 fully saturated rings. The monoisotopic (exact) mass is 254 g/mol. The third-order valence-electron chi connectivity index (χ3n) is 1.86. The van der Waals surface area contributed by atoms with Gasteiger partial charge in [-0.2, -0.15) is 0 Å². The van der Waals surface area contributed by atoms with E-state index in [9.17, 15) is 0 Å². The zero-order valence-corrected chi connectivity index (χ0v) is 10.4. The Morgan fingerprint density at radius 2 is 1.93 bits per heavy atom. The van der Waals surface area contributed by atoms with Crippen molar-refractivity contribution >= 4 is 24.1 Å². The molecule has 0 atom stereocenters. The molecule has 0 aliphatic carbocycles. The minimum absolute atomic E-state index is 0.103. The Hall–Kier alpha value is -0.721. The van der Waals surface area contributed by atoms with Crippen molar-refractivity contribution in [2.45, 2.75) is 26.4 Å². The molecule has 2 aromatic rings. The molecule has 2 heteroatoms. The second-order valence-electron chi connectivity index (χ2n) is 4.31. The Morgan fingerprint density at radius 1 is 1.14 bits per heavy atom. The summed E-state index contributed by atoms with van der Waals surface area (Å²) in [5, 5.41) is 1.33.